The number of rotatable bonds is 5. The Hall–Kier alpha value is -1.39. The zero-order valence-corrected chi connectivity index (χ0v) is 12.1. The van der Waals surface area contributed by atoms with Gasteiger partial charge in [-0.1, -0.05) is 20.3 Å². The van der Waals surface area contributed by atoms with Crippen molar-refractivity contribution >= 4 is 5.82 Å². The van der Waals surface area contributed by atoms with Gasteiger partial charge in [-0.15, -0.1) is 0 Å². The van der Waals surface area contributed by atoms with Crippen molar-refractivity contribution < 1.29 is 13.5 Å². The summed E-state index contributed by atoms with van der Waals surface area (Å²) in [6.07, 6.45) is 5.05. The molecule has 1 aromatic heterocycles. The second-order valence-electron chi connectivity index (χ2n) is 5.45. The van der Waals surface area contributed by atoms with Gasteiger partial charge in [-0.05, 0) is 31.6 Å². The molecule has 1 aliphatic carbocycles. The predicted molar refractivity (Wildman–Crippen MR) is 75.0 cm³/mol. The van der Waals surface area contributed by atoms with Crippen molar-refractivity contribution in [2.45, 2.75) is 52.1 Å². The van der Waals surface area contributed by atoms with Crippen LogP contribution in [0, 0.1) is 17.6 Å². The number of halogens is 2. The van der Waals surface area contributed by atoms with E-state index in [0.717, 1.165) is 31.7 Å². The van der Waals surface area contributed by atoms with E-state index in [9.17, 15) is 8.78 Å². The van der Waals surface area contributed by atoms with Gasteiger partial charge in [0.25, 0.3) is 5.88 Å². The lowest BCUT2D eigenvalue weighted by Crippen LogP contribution is -2.29. The number of pyridine rings is 1. The quantitative estimate of drug-likeness (QED) is 0.882. The Balaban J connectivity index is 2.13. The average Bonchev–Trinajstić information content (AvgIpc) is 2.43. The zero-order chi connectivity index (χ0) is 14.5. The number of nitrogens with one attached hydrogen (secondary N) is 1. The van der Waals surface area contributed by atoms with E-state index < -0.39 is 11.6 Å². The molecule has 0 spiro atoms. The van der Waals surface area contributed by atoms with Crippen LogP contribution in [0.2, 0.25) is 0 Å². The average molecular weight is 284 g/mol. The molecular weight excluding hydrogens is 262 g/mol. The fourth-order valence-electron chi connectivity index (χ4n) is 2.50. The summed E-state index contributed by atoms with van der Waals surface area (Å²) < 4.78 is 33.0. The number of ether oxygens (including phenoxy) is 1. The highest BCUT2D eigenvalue weighted by molar-refractivity contribution is 5.39. The molecule has 1 aromatic rings. The molecule has 1 aliphatic rings. The van der Waals surface area contributed by atoms with E-state index in [1.807, 2.05) is 6.92 Å². The molecule has 0 aliphatic heterocycles. The fraction of sp³-hybridized carbons (Fsp3) is 0.667. The zero-order valence-electron chi connectivity index (χ0n) is 12.1. The van der Waals surface area contributed by atoms with Gasteiger partial charge in [0.2, 0.25) is 0 Å². The van der Waals surface area contributed by atoms with Crippen molar-refractivity contribution in [2.75, 3.05) is 11.9 Å². The minimum absolute atomic E-state index is 0.0322. The Bertz CT molecular complexity index is 454. The monoisotopic (exact) mass is 284 g/mol. The number of aromatic nitrogens is 1. The Morgan fingerprint density at radius 3 is 2.75 bits per heavy atom. The van der Waals surface area contributed by atoms with Gasteiger partial charge in [0.15, 0.2) is 17.5 Å². The summed E-state index contributed by atoms with van der Waals surface area (Å²) in [6, 6.07) is 0.841. The van der Waals surface area contributed by atoms with Crippen molar-refractivity contribution in [1.29, 1.82) is 0 Å². The Morgan fingerprint density at radius 1 is 1.30 bits per heavy atom. The molecule has 1 fully saturated rings. The molecule has 1 N–H and O–H groups in total. The minimum atomic E-state index is -0.734. The van der Waals surface area contributed by atoms with Gasteiger partial charge in [-0.25, -0.2) is 8.78 Å². The molecular formula is C15H22F2N2O. The van der Waals surface area contributed by atoms with Gasteiger partial charge < -0.3 is 10.1 Å². The summed E-state index contributed by atoms with van der Waals surface area (Å²) in [5.41, 5.74) is 0. The number of hydrogen-bond acceptors (Lipinski definition) is 3. The van der Waals surface area contributed by atoms with Crippen molar-refractivity contribution in [1.82, 2.24) is 4.98 Å². The lowest BCUT2D eigenvalue weighted by molar-refractivity contribution is 0.0927. The van der Waals surface area contributed by atoms with Crippen LogP contribution in [-0.4, -0.2) is 17.6 Å². The van der Waals surface area contributed by atoms with E-state index in [-0.39, 0.29) is 17.8 Å². The first kappa shape index (κ1) is 15.0. The van der Waals surface area contributed by atoms with E-state index >= 15 is 0 Å². The summed E-state index contributed by atoms with van der Waals surface area (Å²) in [5, 5.41) is 2.85. The SMILES string of the molecule is CCCNc1nc(OC2CCCCC2C)c(F)cc1F. The van der Waals surface area contributed by atoms with Gasteiger partial charge >= 0.3 is 0 Å². The number of nitrogens with zero attached hydrogens (tertiary/aromatic N) is 1. The lowest BCUT2D eigenvalue weighted by Gasteiger charge is -2.29. The van der Waals surface area contributed by atoms with Crippen LogP contribution in [0.5, 0.6) is 5.88 Å². The van der Waals surface area contributed by atoms with Crippen molar-refractivity contribution in [2.24, 2.45) is 5.92 Å². The van der Waals surface area contributed by atoms with Crippen LogP contribution in [0.4, 0.5) is 14.6 Å². The van der Waals surface area contributed by atoms with Crippen LogP contribution < -0.4 is 10.1 Å². The Kier molecular flexibility index (Phi) is 5.15. The van der Waals surface area contributed by atoms with Crippen LogP contribution in [0.3, 0.4) is 0 Å². The largest absolute Gasteiger partial charge is 0.472 e. The first-order valence-corrected chi connectivity index (χ1v) is 7.38. The second-order valence-corrected chi connectivity index (χ2v) is 5.45. The molecule has 20 heavy (non-hydrogen) atoms. The van der Waals surface area contributed by atoms with E-state index in [2.05, 4.69) is 17.2 Å². The van der Waals surface area contributed by atoms with Gasteiger partial charge in [-0.3, -0.25) is 0 Å². The summed E-state index contributed by atoms with van der Waals surface area (Å²) in [6.45, 7) is 4.66. The Morgan fingerprint density at radius 2 is 2.05 bits per heavy atom. The summed E-state index contributed by atoms with van der Waals surface area (Å²) in [7, 11) is 0. The first-order chi connectivity index (χ1) is 9.61. The molecule has 2 unspecified atom stereocenters. The van der Waals surface area contributed by atoms with Gasteiger partial charge in [-0.2, -0.15) is 4.98 Å². The number of anilines is 1. The summed E-state index contributed by atoms with van der Waals surface area (Å²) >= 11 is 0. The van der Waals surface area contributed by atoms with Crippen LogP contribution in [-0.2, 0) is 0 Å². The molecule has 2 atom stereocenters. The minimum Gasteiger partial charge on any atom is -0.472 e. The maximum Gasteiger partial charge on any atom is 0.252 e. The third-order valence-corrected chi connectivity index (χ3v) is 3.74. The normalized spacial score (nSPS) is 22.6. The molecule has 0 bridgehead atoms. The standard InChI is InChI=1S/C15H22F2N2O/c1-3-8-18-14-11(16)9-12(17)15(19-14)20-13-7-5-4-6-10(13)2/h9-10,13H,3-8H2,1-2H3,(H,18,19). The molecule has 3 nitrogen and oxygen atoms in total. The molecule has 0 radical (unpaired) electrons. The second kappa shape index (κ2) is 6.86. The van der Waals surface area contributed by atoms with Crippen molar-refractivity contribution in [3.05, 3.63) is 17.7 Å². The maximum absolute atomic E-state index is 13.8. The van der Waals surface area contributed by atoms with Gasteiger partial charge in [0, 0.05) is 12.6 Å². The van der Waals surface area contributed by atoms with Crippen LogP contribution in [0.15, 0.2) is 6.07 Å². The lowest BCUT2D eigenvalue weighted by atomic mass is 9.88. The predicted octanol–water partition coefficient (Wildman–Crippen LogP) is 4.14. The van der Waals surface area contributed by atoms with Crippen LogP contribution in [0.25, 0.3) is 0 Å². The highest BCUT2D eigenvalue weighted by Crippen LogP contribution is 2.29. The summed E-state index contributed by atoms with van der Waals surface area (Å²) in [5.74, 6) is -1.07. The van der Waals surface area contributed by atoms with E-state index in [1.165, 1.54) is 6.42 Å². The molecule has 112 valence electrons. The fourth-order valence-corrected chi connectivity index (χ4v) is 2.50. The van der Waals surface area contributed by atoms with E-state index in [1.54, 1.807) is 0 Å². The molecule has 5 heteroatoms. The third kappa shape index (κ3) is 3.58. The maximum atomic E-state index is 13.8. The van der Waals surface area contributed by atoms with Crippen LogP contribution in [0.1, 0.15) is 46.0 Å². The molecule has 2 rings (SSSR count). The highest BCUT2D eigenvalue weighted by atomic mass is 19.1. The van der Waals surface area contributed by atoms with Crippen molar-refractivity contribution in [3.8, 4) is 5.88 Å². The van der Waals surface area contributed by atoms with Gasteiger partial charge in [0.05, 0.1) is 0 Å². The highest BCUT2D eigenvalue weighted by Gasteiger charge is 2.25. The Labute approximate surface area is 118 Å². The van der Waals surface area contributed by atoms with Crippen LogP contribution >= 0.6 is 0 Å². The molecule has 0 aromatic carbocycles. The topological polar surface area (TPSA) is 34.2 Å². The van der Waals surface area contributed by atoms with E-state index in [4.69, 9.17) is 4.74 Å². The summed E-state index contributed by atoms with van der Waals surface area (Å²) in [4.78, 5) is 3.95. The number of hydrogen-bond donors (Lipinski definition) is 1. The molecule has 1 heterocycles. The molecule has 0 amide bonds. The smallest absolute Gasteiger partial charge is 0.252 e. The molecule has 1 saturated carbocycles. The van der Waals surface area contributed by atoms with Crippen molar-refractivity contribution in [3.63, 3.8) is 0 Å². The molecule has 0 saturated heterocycles. The first-order valence-electron chi connectivity index (χ1n) is 7.38. The third-order valence-electron chi connectivity index (χ3n) is 3.74. The van der Waals surface area contributed by atoms with Gasteiger partial charge in [0.1, 0.15) is 6.10 Å². The van der Waals surface area contributed by atoms with E-state index in [0.29, 0.717) is 12.5 Å².